The van der Waals surface area contributed by atoms with Crippen molar-refractivity contribution in [3.63, 3.8) is 0 Å². The summed E-state index contributed by atoms with van der Waals surface area (Å²) in [7, 11) is 0. The Morgan fingerprint density at radius 2 is 2.31 bits per heavy atom. The molecule has 0 aromatic rings. The third-order valence-corrected chi connectivity index (χ3v) is 3.76. The van der Waals surface area contributed by atoms with Gasteiger partial charge in [0.15, 0.2) is 0 Å². The third kappa shape index (κ3) is 0.909. The summed E-state index contributed by atoms with van der Waals surface area (Å²) in [6.07, 6.45) is 5.20. The highest BCUT2D eigenvalue weighted by Crippen LogP contribution is 2.49. The van der Waals surface area contributed by atoms with Crippen molar-refractivity contribution in [2.45, 2.75) is 43.8 Å². The molecule has 2 aliphatic heterocycles. The molecule has 1 saturated carbocycles. The maximum absolute atomic E-state index is 11.2. The standard InChI is InChI=1S/C10H14O3/c11-9-5-8-10(13-9)4-2-1-3-7(10)6-12-8/h7-8H,1-6H2/t7?,8-,10-/m0/s1. The van der Waals surface area contributed by atoms with Gasteiger partial charge in [-0.3, -0.25) is 4.79 Å². The van der Waals surface area contributed by atoms with Crippen LogP contribution >= 0.6 is 0 Å². The topological polar surface area (TPSA) is 35.5 Å². The summed E-state index contributed by atoms with van der Waals surface area (Å²) >= 11 is 0. The molecule has 0 amide bonds. The van der Waals surface area contributed by atoms with Crippen LogP contribution in [0.5, 0.6) is 0 Å². The highest BCUT2D eigenvalue weighted by Gasteiger charge is 2.59. The number of esters is 1. The van der Waals surface area contributed by atoms with Crippen LogP contribution in [0, 0.1) is 5.92 Å². The van der Waals surface area contributed by atoms with Crippen LogP contribution in [0.1, 0.15) is 32.1 Å². The van der Waals surface area contributed by atoms with Crippen molar-refractivity contribution in [1.82, 2.24) is 0 Å². The van der Waals surface area contributed by atoms with Crippen LogP contribution in [0.3, 0.4) is 0 Å². The molecule has 3 nitrogen and oxygen atoms in total. The molecule has 1 aliphatic carbocycles. The lowest BCUT2D eigenvalue weighted by atomic mass is 9.75. The molecule has 2 saturated heterocycles. The number of ether oxygens (including phenoxy) is 2. The van der Waals surface area contributed by atoms with E-state index in [1.807, 2.05) is 0 Å². The Hall–Kier alpha value is -0.570. The maximum Gasteiger partial charge on any atom is 0.309 e. The molecule has 13 heavy (non-hydrogen) atoms. The number of carbonyl (C=O) groups is 1. The monoisotopic (exact) mass is 182 g/mol. The van der Waals surface area contributed by atoms with Gasteiger partial charge in [0.2, 0.25) is 0 Å². The van der Waals surface area contributed by atoms with Crippen LogP contribution in [0.15, 0.2) is 0 Å². The molecule has 72 valence electrons. The number of hydrogen-bond acceptors (Lipinski definition) is 3. The average molecular weight is 182 g/mol. The van der Waals surface area contributed by atoms with E-state index in [1.54, 1.807) is 0 Å². The fourth-order valence-corrected chi connectivity index (χ4v) is 3.10. The molecule has 0 aromatic carbocycles. The highest BCUT2D eigenvalue weighted by atomic mass is 16.6. The van der Waals surface area contributed by atoms with Gasteiger partial charge in [0.1, 0.15) is 11.7 Å². The first-order chi connectivity index (χ1) is 6.31. The number of hydrogen-bond donors (Lipinski definition) is 0. The van der Waals surface area contributed by atoms with E-state index in [2.05, 4.69) is 0 Å². The Kier molecular flexibility index (Phi) is 1.48. The molecule has 3 atom stereocenters. The van der Waals surface area contributed by atoms with Crippen LogP contribution in [-0.4, -0.2) is 24.3 Å². The van der Waals surface area contributed by atoms with Gasteiger partial charge in [-0.25, -0.2) is 0 Å². The van der Waals surface area contributed by atoms with Crippen LogP contribution in [0.25, 0.3) is 0 Å². The molecular formula is C10H14O3. The van der Waals surface area contributed by atoms with Gasteiger partial charge < -0.3 is 9.47 Å². The molecule has 0 radical (unpaired) electrons. The molecule has 0 bridgehead atoms. The van der Waals surface area contributed by atoms with Crippen molar-refractivity contribution in [1.29, 1.82) is 0 Å². The Balaban J connectivity index is 1.94. The molecule has 3 rings (SSSR count). The normalized spacial score (nSPS) is 48.5. The van der Waals surface area contributed by atoms with Crippen LogP contribution < -0.4 is 0 Å². The van der Waals surface area contributed by atoms with E-state index in [0.29, 0.717) is 12.3 Å². The molecule has 0 N–H and O–H groups in total. The van der Waals surface area contributed by atoms with Gasteiger partial charge in [0, 0.05) is 5.92 Å². The van der Waals surface area contributed by atoms with Crippen molar-refractivity contribution >= 4 is 5.97 Å². The average Bonchev–Trinajstić information content (AvgIpc) is 2.57. The van der Waals surface area contributed by atoms with E-state index >= 15 is 0 Å². The Bertz CT molecular complexity index is 249. The fraction of sp³-hybridized carbons (Fsp3) is 0.900. The summed E-state index contributed by atoms with van der Waals surface area (Å²) in [5, 5.41) is 0. The first kappa shape index (κ1) is 7.80. The second kappa shape index (κ2) is 2.47. The van der Waals surface area contributed by atoms with Gasteiger partial charge in [-0.2, -0.15) is 0 Å². The first-order valence-corrected chi connectivity index (χ1v) is 5.15. The zero-order chi connectivity index (χ0) is 8.89. The predicted octanol–water partition coefficient (Wildman–Crippen LogP) is 1.26. The lowest BCUT2D eigenvalue weighted by Crippen LogP contribution is -2.43. The van der Waals surface area contributed by atoms with E-state index in [9.17, 15) is 4.79 Å². The maximum atomic E-state index is 11.2. The number of carbonyl (C=O) groups excluding carboxylic acids is 1. The lowest BCUT2D eigenvalue weighted by Gasteiger charge is -2.35. The van der Waals surface area contributed by atoms with Crippen molar-refractivity contribution in [3.8, 4) is 0 Å². The van der Waals surface area contributed by atoms with Crippen molar-refractivity contribution in [2.24, 2.45) is 5.92 Å². The van der Waals surface area contributed by atoms with Crippen molar-refractivity contribution < 1.29 is 14.3 Å². The molecule has 3 fully saturated rings. The summed E-state index contributed by atoms with van der Waals surface area (Å²) < 4.78 is 11.2. The van der Waals surface area contributed by atoms with E-state index in [1.165, 1.54) is 19.3 Å². The summed E-state index contributed by atoms with van der Waals surface area (Å²) in [6, 6.07) is 0. The lowest BCUT2D eigenvalue weighted by molar-refractivity contribution is -0.154. The Labute approximate surface area is 77.4 Å². The van der Waals surface area contributed by atoms with Crippen LogP contribution in [-0.2, 0) is 14.3 Å². The molecule has 2 heterocycles. The Morgan fingerprint density at radius 1 is 1.38 bits per heavy atom. The van der Waals surface area contributed by atoms with Crippen molar-refractivity contribution in [2.75, 3.05) is 6.61 Å². The third-order valence-electron chi connectivity index (χ3n) is 3.76. The second-order valence-electron chi connectivity index (χ2n) is 4.40. The predicted molar refractivity (Wildman–Crippen MR) is 45.1 cm³/mol. The quantitative estimate of drug-likeness (QED) is 0.529. The SMILES string of the molecule is O=C1C[C@@H]2OCC3CCCC[C@]32O1. The van der Waals surface area contributed by atoms with Gasteiger partial charge in [0.25, 0.3) is 0 Å². The first-order valence-electron chi connectivity index (χ1n) is 5.15. The molecule has 3 heteroatoms. The minimum absolute atomic E-state index is 0.0587. The van der Waals surface area contributed by atoms with Gasteiger partial charge in [-0.15, -0.1) is 0 Å². The second-order valence-corrected chi connectivity index (χ2v) is 4.40. The number of rotatable bonds is 0. The van der Waals surface area contributed by atoms with E-state index in [-0.39, 0.29) is 17.7 Å². The van der Waals surface area contributed by atoms with Gasteiger partial charge in [0.05, 0.1) is 13.0 Å². The minimum atomic E-state index is -0.199. The van der Waals surface area contributed by atoms with Gasteiger partial charge in [-0.1, -0.05) is 6.42 Å². The van der Waals surface area contributed by atoms with Crippen molar-refractivity contribution in [3.05, 3.63) is 0 Å². The highest BCUT2D eigenvalue weighted by molar-refractivity contribution is 5.73. The van der Waals surface area contributed by atoms with Gasteiger partial charge >= 0.3 is 5.97 Å². The zero-order valence-corrected chi connectivity index (χ0v) is 7.62. The summed E-state index contributed by atoms with van der Waals surface area (Å²) in [5.41, 5.74) is -0.199. The molecule has 1 spiro atoms. The zero-order valence-electron chi connectivity index (χ0n) is 7.62. The molecular weight excluding hydrogens is 168 g/mol. The van der Waals surface area contributed by atoms with Crippen LogP contribution in [0.4, 0.5) is 0 Å². The molecule has 3 aliphatic rings. The minimum Gasteiger partial charge on any atom is -0.456 e. The Morgan fingerprint density at radius 3 is 3.23 bits per heavy atom. The van der Waals surface area contributed by atoms with Gasteiger partial charge in [-0.05, 0) is 19.3 Å². The summed E-state index contributed by atoms with van der Waals surface area (Å²) in [5.74, 6) is 0.425. The summed E-state index contributed by atoms with van der Waals surface area (Å²) in [4.78, 5) is 11.2. The fourth-order valence-electron chi connectivity index (χ4n) is 3.10. The molecule has 1 unspecified atom stereocenters. The smallest absolute Gasteiger partial charge is 0.309 e. The largest absolute Gasteiger partial charge is 0.456 e. The van der Waals surface area contributed by atoms with E-state index in [4.69, 9.17) is 9.47 Å². The summed E-state index contributed by atoms with van der Waals surface area (Å²) in [6.45, 7) is 0.804. The van der Waals surface area contributed by atoms with Crippen LogP contribution in [0.2, 0.25) is 0 Å². The van der Waals surface area contributed by atoms with E-state index < -0.39 is 0 Å². The van der Waals surface area contributed by atoms with E-state index in [0.717, 1.165) is 13.0 Å². The molecule has 0 aromatic heterocycles.